The molecule has 1 heterocycles. The number of methoxy groups -OCH3 is 1. The molecule has 0 radical (unpaired) electrons. The van der Waals surface area contributed by atoms with Gasteiger partial charge in [0, 0.05) is 12.0 Å². The van der Waals surface area contributed by atoms with Gasteiger partial charge in [-0.1, -0.05) is 72.8 Å². The van der Waals surface area contributed by atoms with Crippen molar-refractivity contribution in [2.24, 2.45) is 4.99 Å². The number of carbonyl (C=O) groups excluding carboxylic acids is 1. The van der Waals surface area contributed by atoms with Gasteiger partial charge in [0.1, 0.15) is 6.10 Å². The van der Waals surface area contributed by atoms with Gasteiger partial charge in [-0.15, -0.1) is 0 Å². The van der Waals surface area contributed by atoms with Crippen LogP contribution >= 0.6 is 0 Å². The van der Waals surface area contributed by atoms with Crippen molar-refractivity contribution in [3.63, 3.8) is 0 Å². The van der Waals surface area contributed by atoms with Crippen LogP contribution < -0.4 is 0 Å². The lowest BCUT2D eigenvalue weighted by Gasteiger charge is -2.28. The minimum absolute atomic E-state index is 0.262. The first-order valence-electron chi connectivity index (χ1n) is 9.27. The third-order valence-corrected chi connectivity index (χ3v) is 4.85. The van der Waals surface area contributed by atoms with E-state index < -0.39 is 6.04 Å². The lowest BCUT2D eigenvalue weighted by Crippen LogP contribution is -2.31. The monoisotopic (exact) mass is 371 g/mol. The van der Waals surface area contributed by atoms with Crippen molar-refractivity contribution in [3.8, 4) is 11.1 Å². The summed E-state index contributed by atoms with van der Waals surface area (Å²) in [7, 11) is 1.39. The first-order valence-corrected chi connectivity index (χ1v) is 9.27. The summed E-state index contributed by atoms with van der Waals surface area (Å²) < 4.78 is 11.1. The van der Waals surface area contributed by atoms with E-state index in [4.69, 9.17) is 9.47 Å². The molecule has 0 saturated heterocycles. The van der Waals surface area contributed by atoms with E-state index in [9.17, 15) is 4.79 Å². The van der Waals surface area contributed by atoms with Gasteiger partial charge in [0.15, 0.2) is 6.04 Å². The number of esters is 1. The first kappa shape index (κ1) is 18.0. The van der Waals surface area contributed by atoms with Gasteiger partial charge in [-0.2, -0.15) is 0 Å². The van der Waals surface area contributed by atoms with Gasteiger partial charge >= 0.3 is 5.97 Å². The lowest BCUT2D eigenvalue weighted by atomic mass is 9.97. The Hall–Kier alpha value is -3.40. The van der Waals surface area contributed by atoms with Crippen molar-refractivity contribution in [2.75, 3.05) is 7.11 Å². The van der Waals surface area contributed by atoms with Crippen molar-refractivity contribution in [3.05, 3.63) is 96.1 Å². The number of hydrogen-bond donors (Lipinski definition) is 0. The molecule has 28 heavy (non-hydrogen) atoms. The highest BCUT2D eigenvalue weighted by Crippen LogP contribution is 2.31. The van der Waals surface area contributed by atoms with E-state index in [0.717, 1.165) is 22.3 Å². The van der Waals surface area contributed by atoms with E-state index in [1.807, 2.05) is 48.5 Å². The molecule has 0 saturated carbocycles. The standard InChI is InChI=1S/C24H21NO3/c1-27-24(26)21-16-22(28-23(25-21)20-10-6-3-7-11-20)19-14-12-18(13-15-19)17-8-4-2-5-9-17/h2-15,21-22H,16H2,1H3/t21-,22+/m0/s1. The number of ether oxygens (including phenoxy) is 2. The topological polar surface area (TPSA) is 47.9 Å². The summed E-state index contributed by atoms with van der Waals surface area (Å²) in [6.07, 6.45) is 0.190. The number of benzene rings is 3. The van der Waals surface area contributed by atoms with Crippen LogP contribution in [-0.4, -0.2) is 25.0 Å². The van der Waals surface area contributed by atoms with Crippen LogP contribution in [0.15, 0.2) is 89.9 Å². The SMILES string of the molecule is COC(=O)[C@@H]1C[C@H](c2ccc(-c3ccccc3)cc2)OC(c2ccccc2)=N1. The highest BCUT2D eigenvalue weighted by molar-refractivity contribution is 5.96. The molecule has 4 nitrogen and oxygen atoms in total. The molecule has 0 bridgehead atoms. The second-order valence-electron chi connectivity index (χ2n) is 6.67. The van der Waals surface area contributed by atoms with Crippen LogP contribution in [0.2, 0.25) is 0 Å². The molecule has 2 atom stereocenters. The minimum atomic E-state index is -0.576. The molecule has 0 fully saturated rings. The zero-order valence-electron chi connectivity index (χ0n) is 15.6. The maximum Gasteiger partial charge on any atom is 0.330 e. The van der Waals surface area contributed by atoms with Crippen LogP contribution in [0.5, 0.6) is 0 Å². The van der Waals surface area contributed by atoms with E-state index in [0.29, 0.717) is 12.3 Å². The fourth-order valence-electron chi connectivity index (χ4n) is 3.34. The average Bonchev–Trinajstić information content (AvgIpc) is 2.79. The molecular weight excluding hydrogens is 350 g/mol. The third-order valence-electron chi connectivity index (χ3n) is 4.85. The molecule has 3 aromatic rings. The summed E-state index contributed by atoms with van der Waals surface area (Å²) in [6.45, 7) is 0. The second kappa shape index (κ2) is 8.09. The predicted octanol–water partition coefficient (Wildman–Crippen LogP) is 4.80. The molecular formula is C24H21NO3. The first-order chi connectivity index (χ1) is 13.7. The van der Waals surface area contributed by atoms with Gasteiger partial charge in [0.05, 0.1) is 7.11 Å². The molecule has 0 aromatic heterocycles. The number of hydrogen-bond acceptors (Lipinski definition) is 4. The quantitative estimate of drug-likeness (QED) is 0.619. The number of aliphatic imine (C=N–C) groups is 1. The maximum atomic E-state index is 12.2. The summed E-state index contributed by atoms with van der Waals surface area (Å²) in [5.41, 5.74) is 4.16. The molecule has 1 aliphatic rings. The summed E-state index contributed by atoms with van der Waals surface area (Å²) in [6, 6.07) is 27.5. The summed E-state index contributed by atoms with van der Waals surface area (Å²) in [4.78, 5) is 16.7. The summed E-state index contributed by atoms with van der Waals surface area (Å²) >= 11 is 0. The summed E-state index contributed by atoms with van der Waals surface area (Å²) in [5.74, 6) is 0.127. The van der Waals surface area contributed by atoms with Crippen LogP contribution in [0.1, 0.15) is 23.7 Å². The molecule has 4 heteroatoms. The Morgan fingerprint density at radius 1 is 0.857 bits per heavy atom. The molecule has 140 valence electrons. The van der Waals surface area contributed by atoms with Crippen molar-refractivity contribution >= 4 is 11.9 Å². The van der Waals surface area contributed by atoms with E-state index in [-0.39, 0.29) is 12.1 Å². The smallest absolute Gasteiger partial charge is 0.330 e. The van der Waals surface area contributed by atoms with Gasteiger partial charge in [0.2, 0.25) is 5.90 Å². The zero-order chi connectivity index (χ0) is 19.3. The van der Waals surface area contributed by atoms with Crippen LogP contribution in [0.3, 0.4) is 0 Å². The maximum absolute atomic E-state index is 12.2. The predicted molar refractivity (Wildman–Crippen MR) is 109 cm³/mol. The number of carbonyl (C=O) groups is 1. The molecule has 0 N–H and O–H groups in total. The fourth-order valence-corrected chi connectivity index (χ4v) is 3.34. The Bertz CT molecular complexity index is 966. The normalized spacial score (nSPS) is 18.7. The van der Waals surface area contributed by atoms with E-state index in [1.54, 1.807) is 0 Å². The largest absolute Gasteiger partial charge is 0.469 e. The Labute approximate surface area is 164 Å². The second-order valence-corrected chi connectivity index (χ2v) is 6.67. The highest BCUT2D eigenvalue weighted by Gasteiger charge is 2.32. The number of rotatable bonds is 4. The van der Waals surface area contributed by atoms with Gasteiger partial charge in [-0.05, 0) is 28.8 Å². The fraction of sp³-hybridized carbons (Fsp3) is 0.167. The molecule has 0 unspecified atom stereocenters. The molecule has 4 rings (SSSR count). The Morgan fingerprint density at radius 3 is 2.04 bits per heavy atom. The molecule has 0 amide bonds. The highest BCUT2D eigenvalue weighted by atomic mass is 16.5. The van der Waals surface area contributed by atoms with Gasteiger partial charge in [-0.3, -0.25) is 0 Å². The van der Waals surface area contributed by atoms with E-state index in [1.165, 1.54) is 7.11 Å². The van der Waals surface area contributed by atoms with Crippen LogP contribution in [0.25, 0.3) is 11.1 Å². The molecule has 0 spiro atoms. The van der Waals surface area contributed by atoms with E-state index in [2.05, 4.69) is 41.4 Å². The van der Waals surface area contributed by atoms with Crippen molar-refractivity contribution in [1.29, 1.82) is 0 Å². The summed E-state index contributed by atoms with van der Waals surface area (Å²) in [5, 5.41) is 0. The molecule has 1 aliphatic heterocycles. The van der Waals surface area contributed by atoms with Crippen molar-refractivity contribution < 1.29 is 14.3 Å². The van der Waals surface area contributed by atoms with Gasteiger partial charge in [0.25, 0.3) is 0 Å². The van der Waals surface area contributed by atoms with E-state index >= 15 is 0 Å². The zero-order valence-corrected chi connectivity index (χ0v) is 15.6. The average molecular weight is 371 g/mol. The van der Waals surface area contributed by atoms with Crippen LogP contribution in [-0.2, 0) is 14.3 Å². The minimum Gasteiger partial charge on any atom is -0.469 e. The molecule has 3 aromatic carbocycles. The third kappa shape index (κ3) is 3.81. The van der Waals surface area contributed by atoms with Crippen LogP contribution in [0.4, 0.5) is 0 Å². The van der Waals surface area contributed by atoms with Crippen molar-refractivity contribution in [1.82, 2.24) is 0 Å². The Morgan fingerprint density at radius 2 is 1.43 bits per heavy atom. The van der Waals surface area contributed by atoms with Gasteiger partial charge in [-0.25, -0.2) is 9.79 Å². The Kier molecular flexibility index (Phi) is 5.20. The van der Waals surface area contributed by atoms with Crippen molar-refractivity contribution in [2.45, 2.75) is 18.6 Å². The van der Waals surface area contributed by atoms with Crippen LogP contribution in [0, 0.1) is 0 Å². The molecule has 0 aliphatic carbocycles. The number of nitrogens with zero attached hydrogens (tertiary/aromatic N) is 1. The lowest BCUT2D eigenvalue weighted by molar-refractivity contribution is -0.143. The van der Waals surface area contributed by atoms with Gasteiger partial charge < -0.3 is 9.47 Å². The Balaban J connectivity index is 1.62.